The highest BCUT2D eigenvalue weighted by atomic mass is 32.2. The van der Waals surface area contributed by atoms with E-state index in [-0.39, 0.29) is 16.7 Å². The van der Waals surface area contributed by atoms with E-state index < -0.39 is 10.0 Å². The minimum Gasteiger partial charge on any atom is -0.339 e. The van der Waals surface area contributed by atoms with Gasteiger partial charge in [0.1, 0.15) is 0 Å². The van der Waals surface area contributed by atoms with Gasteiger partial charge < -0.3 is 9.80 Å². The van der Waals surface area contributed by atoms with E-state index in [4.69, 9.17) is 0 Å². The summed E-state index contributed by atoms with van der Waals surface area (Å²) in [5, 5.41) is 0. The maximum atomic E-state index is 12.5. The molecule has 0 saturated carbocycles. The summed E-state index contributed by atoms with van der Waals surface area (Å²) in [5.41, 5.74) is 0.337. The van der Waals surface area contributed by atoms with Gasteiger partial charge in [0.15, 0.2) is 0 Å². The van der Waals surface area contributed by atoms with Gasteiger partial charge in [-0.25, -0.2) is 12.7 Å². The Morgan fingerprint density at radius 2 is 1.61 bits per heavy atom. The van der Waals surface area contributed by atoms with Crippen molar-refractivity contribution in [2.24, 2.45) is 0 Å². The van der Waals surface area contributed by atoms with Gasteiger partial charge in [0.25, 0.3) is 5.91 Å². The molecule has 0 radical (unpaired) electrons. The van der Waals surface area contributed by atoms with Crippen molar-refractivity contribution >= 4 is 21.8 Å². The molecule has 2 amide bonds. The fraction of sp³-hybridized carbons (Fsp3) is 0.467. The lowest BCUT2D eigenvalue weighted by Gasteiger charge is -2.34. The molecule has 1 aromatic rings. The largest absolute Gasteiger partial charge is 0.339 e. The fourth-order valence-corrected chi connectivity index (χ4v) is 3.36. The Morgan fingerprint density at radius 1 is 1.04 bits per heavy atom. The molecule has 0 N–H and O–H groups in total. The number of nitrogens with zero attached hydrogens (tertiary/aromatic N) is 3. The van der Waals surface area contributed by atoms with Crippen molar-refractivity contribution in [2.45, 2.75) is 11.8 Å². The van der Waals surface area contributed by atoms with E-state index >= 15 is 0 Å². The van der Waals surface area contributed by atoms with E-state index in [1.54, 1.807) is 21.9 Å². The van der Waals surface area contributed by atoms with Gasteiger partial charge in [0, 0.05) is 52.8 Å². The Hall–Kier alpha value is -1.93. The quantitative estimate of drug-likeness (QED) is 0.790. The van der Waals surface area contributed by atoms with Crippen molar-refractivity contribution in [1.29, 1.82) is 0 Å². The lowest BCUT2D eigenvalue weighted by atomic mass is 10.2. The van der Waals surface area contributed by atoms with Gasteiger partial charge in [-0.1, -0.05) is 6.07 Å². The molecule has 8 heteroatoms. The summed E-state index contributed by atoms with van der Waals surface area (Å²) < 4.78 is 25.4. The van der Waals surface area contributed by atoms with Crippen LogP contribution in [0.15, 0.2) is 29.2 Å². The standard InChI is InChI=1S/C15H21N3O4S/c1-12(19)17-7-9-18(10-8-17)15(20)13-5-4-6-14(11-13)23(21,22)16(2)3/h4-6,11H,7-10H2,1-3H3. The molecule has 0 unspecified atom stereocenters. The van der Waals surface area contributed by atoms with Gasteiger partial charge in [0.2, 0.25) is 15.9 Å². The number of piperazine rings is 1. The molecule has 1 aliphatic rings. The zero-order valence-electron chi connectivity index (χ0n) is 13.5. The third-order valence-electron chi connectivity index (χ3n) is 3.87. The van der Waals surface area contributed by atoms with E-state index in [2.05, 4.69) is 0 Å². The SMILES string of the molecule is CC(=O)N1CCN(C(=O)c2cccc(S(=O)(=O)N(C)C)c2)CC1. The van der Waals surface area contributed by atoms with Gasteiger partial charge in [0.05, 0.1) is 4.90 Å². The maximum absolute atomic E-state index is 12.5. The summed E-state index contributed by atoms with van der Waals surface area (Å²) in [6, 6.07) is 6.04. The van der Waals surface area contributed by atoms with Crippen molar-refractivity contribution in [3.63, 3.8) is 0 Å². The van der Waals surface area contributed by atoms with E-state index in [0.717, 1.165) is 4.31 Å². The molecular weight excluding hydrogens is 318 g/mol. The Balaban J connectivity index is 2.17. The van der Waals surface area contributed by atoms with E-state index in [9.17, 15) is 18.0 Å². The molecule has 1 aliphatic heterocycles. The molecule has 0 atom stereocenters. The smallest absolute Gasteiger partial charge is 0.254 e. The number of benzene rings is 1. The predicted octanol–water partition coefficient (Wildman–Crippen LogP) is 0.241. The van der Waals surface area contributed by atoms with Crippen LogP contribution in [0.3, 0.4) is 0 Å². The molecule has 1 saturated heterocycles. The average Bonchev–Trinajstić information content (AvgIpc) is 2.54. The first-order valence-electron chi connectivity index (χ1n) is 7.31. The Morgan fingerprint density at radius 3 is 2.13 bits per heavy atom. The van der Waals surface area contributed by atoms with Crippen LogP contribution < -0.4 is 0 Å². The van der Waals surface area contributed by atoms with Crippen LogP contribution in [-0.2, 0) is 14.8 Å². The zero-order valence-corrected chi connectivity index (χ0v) is 14.3. The highest BCUT2D eigenvalue weighted by Crippen LogP contribution is 2.17. The van der Waals surface area contributed by atoms with Gasteiger partial charge in [-0.2, -0.15) is 0 Å². The number of sulfonamides is 1. The monoisotopic (exact) mass is 339 g/mol. The molecule has 1 fully saturated rings. The van der Waals surface area contributed by atoms with Gasteiger partial charge in [-0.15, -0.1) is 0 Å². The second kappa shape index (κ2) is 6.67. The van der Waals surface area contributed by atoms with Crippen molar-refractivity contribution in [2.75, 3.05) is 40.3 Å². The number of hydrogen-bond acceptors (Lipinski definition) is 4. The first-order valence-corrected chi connectivity index (χ1v) is 8.75. The summed E-state index contributed by atoms with van der Waals surface area (Å²) in [4.78, 5) is 27.3. The number of carbonyl (C=O) groups is 2. The van der Waals surface area contributed by atoms with Crippen LogP contribution in [0, 0.1) is 0 Å². The molecule has 0 aromatic heterocycles. The fourth-order valence-electron chi connectivity index (χ4n) is 2.41. The number of amides is 2. The molecule has 1 heterocycles. The van der Waals surface area contributed by atoms with Crippen LogP contribution in [0.5, 0.6) is 0 Å². The third-order valence-corrected chi connectivity index (χ3v) is 5.68. The van der Waals surface area contributed by atoms with Crippen LogP contribution in [0.1, 0.15) is 17.3 Å². The highest BCUT2D eigenvalue weighted by molar-refractivity contribution is 7.89. The van der Waals surface area contributed by atoms with E-state index in [1.165, 1.54) is 33.2 Å². The number of carbonyl (C=O) groups excluding carboxylic acids is 2. The normalized spacial score (nSPS) is 15.8. The number of hydrogen-bond donors (Lipinski definition) is 0. The summed E-state index contributed by atoms with van der Waals surface area (Å²) in [7, 11) is -0.676. The molecule has 23 heavy (non-hydrogen) atoms. The third kappa shape index (κ3) is 3.70. The van der Waals surface area contributed by atoms with Crippen LogP contribution in [0.4, 0.5) is 0 Å². The van der Waals surface area contributed by atoms with Crippen LogP contribution in [0.25, 0.3) is 0 Å². The molecule has 0 spiro atoms. The minimum atomic E-state index is -3.57. The number of rotatable bonds is 3. The lowest BCUT2D eigenvalue weighted by molar-refractivity contribution is -0.130. The van der Waals surface area contributed by atoms with Gasteiger partial charge in [-0.05, 0) is 18.2 Å². The molecule has 7 nitrogen and oxygen atoms in total. The minimum absolute atomic E-state index is 0.00354. The molecule has 1 aromatic carbocycles. The second-order valence-corrected chi connectivity index (χ2v) is 7.77. The van der Waals surface area contributed by atoms with Crippen molar-refractivity contribution < 1.29 is 18.0 Å². The zero-order chi connectivity index (χ0) is 17.2. The van der Waals surface area contributed by atoms with Crippen LogP contribution in [0.2, 0.25) is 0 Å². The topological polar surface area (TPSA) is 78.0 Å². The van der Waals surface area contributed by atoms with Gasteiger partial charge in [-0.3, -0.25) is 9.59 Å². The molecule has 2 rings (SSSR count). The first kappa shape index (κ1) is 17.4. The molecule has 0 bridgehead atoms. The Labute approximate surface area is 136 Å². The Kier molecular flexibility index (Phi) is 5.06. The predicted molar refractivity (Wildman–Crippen MR) is 85.5 cm³/mol. The summed E-state index contributed by atoms with van der Waals surface area (Å²) >= 11 is 0. The summed E-state index contributed by atoms with van der Waals surface area (Å²) in [6.07, 6.45) is 0. The maximum Gasteiger partial charge on any atom is 0.254 e. The molecular formula is C15H21N3O4S. The van der Waals surface area contributed by atoms with Crippen LogP contribution in [-0.4, -0.2) is 74.6 Å². The van der Waals surface area contributed by atoms with Crippen molar-refractivity contribution in [3.8, 4) is 0 Å². The van der Waals surface area contributed by atoms with Gasteiger partial charge >= 0.3 is 0 Å². The molecule has 126 valence electrons. The Bertz CT molecular complexity index is 707. The van der Waals surface area contributed by atoms with Crippen molar-refractivity contribution in [1.82, 2.24) is 14.1 Å². The highest BCUT2D eigenvalue weighted by Gasteiger charge is 2.25. The van der Waals surface area contributed by atoms with Crippen LogP contribution >= 0.6 is 0 Å². The lowest BCUT2D eigenvalue weighted by Crippen LogP contribution is -2.50. The van der Waals surface area contributed by atoms with E-state index in [1.807, 2.05) is 0 Å². The van der Waals surface area contributed by atoms with Crippen molar-refractivity contribution in [3.05, 3.63) is 29.8 Å². The first-order chi connectivity index (χ1) is 10.7. The summed E-state index contributed by atoms with van der Waals surface area (Å²) in [6.45, 7) is 3.40. The molecule has 0 aliphatic carbocycles. The second-order valence-electron chi connectivity index (χ2n) is 5.61. The average molecular weight is 339 g/mol. The van der Waals surface area contributed by atoms with E-state index in [0.29, 0.717) is 31.7 Å². The summed E-state index contributed by atoms with van der Waals surface area (Å²) in [5.74, 6) is -0.222.